The van der Waals surface area contributed by atoms with Crippen LogP contribution in [0.2, 0.25) is 0 Å². The Balaban J connectivity index is 1.89. The molecule has 2 aromatic carbocycles. The van der Waals surface area contributed by atoms with Crippen molar-refractivity contribution in [3.05, 3.63) is 59.3 Å². The maximum atomic E-state index is 13.6. The molecule has 2 aromatic rings. The van der Waals surface area contributed by atoms with Crippen molar-refractivity contribution < 1.29 is 24.2 Å². The standard InChI is InChI=1S/C23H24N2O5/c1-12-10-16-20(22(27)19(12)23(28)30-3)21(13-8-9-17(26)18(11-13)29-2)25-15-7-5-4-6-14(15)24-16/h4-9,11-12,19,21,24-26H,10H2,1-3H3/t12-,19+,21-/m1/s1. The summed E-state index contributed by atoms with van der Waals surface area (Å²) >= 11 is 0. The molecular weight excluding hydrogens is 384 g/mol. The number of ether oxygens (including phenoxy) is 2. The van der Waals surface area contributed by atoms with Crippen molar-refractivity contribution >= 4 is 23.1 Å². The largest absolute Gasteiger partial charge is 0.504 e. The van der Waals surface area contributed by atoms with Gasteiger partial charge in [0, 0.05) is 11.3 Å². The lowest BCUT2D eigenvalue weighted by Gasteiger charge is -2.32. The zero-order chi connectivity index (χ0) is 21.4. The van der Waals surface area contributed by atoms with Crippen molar-refractivity contribution in [3.8, 4) is 11.5 Å². The third-order valence-electron chi connectivity index (χ3n) is 5.76. The van der Waals surface area contributed by atoms with Gasteiger partial charge in [0.05, 0.1) is 31.6 Å². The molecule has 0 fully saturated rings. The maximum absolute atomic E-state index is 13.6. The molecule has 3 atom stereocenters. The molecule has 2 aliphatic rings. The Morgan fingerprint density at radius 3 is 2.57 bits per heavy atom. The second kappa shape index (κ2) is 7.74. The molecule has 0 saturated heterocycles. The highest BCUT2D eigenvalue weighted by Crippen LogP contribution is 2.44. The molecule has 0 saturated carbocycles. The molecule has 0 unspecified atom stereocenters. The normalized spacial score (nSPS) is 22.8. The third-order valence-corrected chi connectivity index (χ3v) is 5.76. The number of aromatic hydroxyl groups is 1. The lowest BCUT2D eigenvalue weighted by molar-refractivity contribution is -0.151. The van der Waals surface area contributed by atoms with Gasteiger partial charge < -0.3 is 25.2 Å². The Labute approximate surface area is 174 Å². The summed E-state index contributed by atoms with van der Waals surface area (Å²) in [6.45, 7) is 1.88. The van der Waals surface area contributed by atoms with Crippen LogP contribution in [0.3, 0.4) is 0 Å². The van der Waals surface area contributed by atoms with E-state index in [9.17, 15) is 14.7 Å². The van der Waals surface area contributed by atoms with Crippen molar-refractivity contribution in [1.82, 2.24) is 0 Å². The molecule has 0 aromatic heterocycles. The minimum Gasteiger partial charge on any atom is -0.504 e. The summed E-state index contributed by atoms with van der Waals surface area (Å²) in [4.78, 5) is 26.0. The molecule has 1 heterocycles. The molecular formula is C23H24N2O5. The predicted octanol–water partition coefficient (Wildman–Crippen LogP) is 3.63. The lowest BCUT2D eigenvalue weighted by atomic mass is 9.75. The second-order valence-electron chi connectivity index (χ2n) is 7.62. The highest BCUT2D eigenvalue weighted by Gasteiger charge is 2.44. The number of phenols is 1. The van der Waals surface area contributed by atoms with Crippen LogP contribution in [-0.4, -0.2) is 31.1 Å². The SMILES string of the molecule is COC(=O)[C@@H]1C(=O)C2=C(C[C@H]1C)Nc1ccccc1N[C@@H]2c1ccc(O)c(OC)c1. The molecule has 0 bridgehead atoms. The molecule has 156 valence electrons. The fraction of sp³-hybridized carbons (Fsp3) is 0.304. The monoisotopic (exact) mass is 408 g/mol. The molecule has 0 amide bonds. The van der Waals surface area contributed by atoms with E-state index in [2.05, 4.69) is 10.6 Å². The van der Waals surface area contributed by atoms with Gasteiger partial charge in [-0.15, -0.1) is 0 Å². The van der Waals surface area contributed by atoms with Crippen molar-refractivity contribution in [1.29, 1.82) is 0 Å². The van der Waals surface area contributed by atoms with Crippen LogP contribution in [0.1, 0.15) is 24.9 Å². The van der Waals surface area contributed by atoms with E-state index >= 15 is 0 Å². The van der Waals surface area contributed by atoms with Crippen molar-refractivity contribution in [3.63, 3.8) is 0 Å². The number of nitrogens with one attached hydrogen (secondary N) is 2. The zero-order valence-electron chi connectivity index (χ0n) is 17.1. The van der Waals surface area contributed by atoms with E-state index in [4.69, 9.17) is 9.47 Å². The molecule has 3 N–H and O–H groups in total. The van der Waals surface area contributed by atoms with Gasteiger partial charge in [0.25, 0.3) is 0 Å². The summed E-state index contributed by atoms with van der Waals surface area (Å²) < 4.78 is 10.2. The Morgan fingerprint density at radius 1 is 1.13 bits per heavy atom. The number of hydrogen-bond acceptors (Lipinski definition) is 7. The van der Waals surface area contributed by atoms with Gasteiger partial charge in [0.15, 0.2) is 17.3 Å². The number of carbonyl (C=O) groups is 2. The number of ketones is 1. The van der Waals surface area contributed by atoms with Crippen LogP contribution >= 0.6 is 0 Å². The lowest BCUT2D eigenvalue weighted by Crippen LogP contribution is -2.39. The van der Waals surface area contributed by atoms with E-state index in [0.29, 0.717) is 17.7 Å². The fourth-order valence-corrected chi connectivity index (χ4v) is 4.26. The van der Waals surface area contributed by atoms with Crippen molar-refractivity contribution in [2.45, 2.75) is 19.4 Å². The van der Waals surface area contributed by atoms with Crippen LogP contribution in [0, 0.1) is 11.8 Å². The number of esters is 1. The van der Waals surface area contributed by atoms with E-state index < -0.39 is 17.9 Å². The summed E-state index contributed by atoms with van der Waals surface area (Å²) in [5.41, 5.74) is 3.70. The second-order valence-corrected chi connectivity index (χ2v) is 7.62. The highest BCUT2D eigenvalue weighted by molar-refractivity contribution is 6.11. The highest BCUT2D eigenvalue weighted by atomic mass is 16.5. The van der Waals surface area contributed by atoms with Crippen LogP contribution in [0.25, 0.3) is 0 Å². The molecule has 1 aliphatic carbocycles. The zero-order valence-corrected chi connectivity index (χ0v) is 17.1. The predicted molar refractivity (Wildman–Crippen MR) is 112 cm³/mol. The first kappa shape index (κ1) is 19.8. The average Bonchev–Trinajstić information content (AvgIpc) is 2.90. The van der Waals surface area contributed by atoms with Gasteiger partial charge in [0.1, 0.15) is 5.92 Å². The van der Waals surface area contributed by atoms with E-state index in [1.807, 2.05) is 31.2 Å². The molecule has 0 spiro atoms. The van der Waals surface area contributed by atoms with Crippen LogP contribution in [0.15, 0.2) is 53.7 Å². The smallest absolute Gasteiger partial charge is 0.316 e. The quantitative estimate of drug-likeness (QED) is 0.527. The van der Waals surface area contributed by atoms with Crippen LogP contribution in [0.5, 0.6) is 11.5 Å². The first-order valence-electron chi connectivity index (χ1n) is 9.79. The topological polar surface area (TPSA) is 96.9 Å². The molecule has 7 nitrogen and oxygen atoms in total. The average molecular weight is 408 g/mol. The number of carbonyl (C=O) groups excluding carboxylic acids is 2. The maximum Gasteiger partial charge on any atom is 0.316 e. The Kier molecular flexibility index (Phi) is 5.11. The Bertz CT molecular complexity index is 1050. The fourth-order valence-electron chi connectivity index (χ4n) is 4.26. The van der Waals surface area contributed by atoms with Gasteiger partial charge in [-0.1, -0.05) is 25.1 Å². The van der Waals surface area contributed by atoms with Crippen LogP contribution < -0.4 is 15.4 Å². The summed E-state index contributed by atoms with van der Waals surface area (Å²) in [5.74, 6) is -1.53. The number of benzene rings is 2. The minimum absolute atomic E-state index is 0.0126. The third kappa shape index (κ3) is 3.26. The van der Waals surface area contributed by atoms with E-state index in [1.165, 1.54) is 20.3 Å². The molecule has 30 heavy (non-hydrogen) atoms. The van der Waals surface area contributed by atoms with Gasteiger partial charge >= 0.3 is 5.97 Å². The first-order valence-corrected chi connectivity index (χ1v) is 9.79. The number of Topliss-reactive ketones (excluding diaryl/α,β-unsaturated/α-hetero) is 1. The van der Waals surface area contributed by atoms with Gasteiger partial charge in [-0.3, -0.25) is 9.59 Å². The number of allylic oxidation sites excluding steroid dienone is 1. The summed E-state index contributed by atoms with van der Waals surface area (Å²) in [6, 6.07) is 12.1. The van der Waals surface area contributed by atoms with E-state index in [0.717, 1.165) is 22.6 Å². The van der Waals surface area contributed by atoms with Gasteiger partial charge in [-0.2, -0.15) is 0 Å². The Hall–Kier alpha value is -3.48. The summed E-state index contributed by atoms with van der Waals surface area (Å²) in [6.07, 6.45) is 0.530. The number of phenolic OH excluding ortho intramolecular Hbond substituents is 1. The number of fused-ring (bicyclic) bond motifs is 1. The van der Waals surface area contributed by atoms with E-state index in [1.54, 1.807) is 12.1 Å². The minimum atomic E-state index is -0.861. The molecule has 1 aliphatic heterocycles. The number of hydrogen-bond donors (Lipinski definition) is 3. The number of rotatable bonds is 3. The van der Waals surface area contributed by atoms with Crippen molar-refractivity contribution in [2.24, 2.45) is 11.8 Å². The Morgan fingerprint density at radius 2 is 1.87 bits per heavy atom. The van der Waals surface area contributed by atoms with Gasteiger partial charge in [-0.25, -0.2) is 0 Å². The number of methoxy groups -OCH3 is 2. The summed E-state index contributed by atoms with van der Waals surface area (Å²) in [7, 11) is 2.77. The van der Waals surface area contributed by atoms with Crippen LogP contribution in [-0.2, 0) is 14.3 Å². The van der Waals surface area contributed by atoms with Gasteiger partial charge in [-0.05, 0) is 42.2 Å². The van der Waals surface area contributed by atoms with Gasteiger partial charge in [0.2, 0.25) is 0 Å². The number of para-hydroxylation sites is 2. The van der Waals surface area contributed by atoms with Crippen molar-refractivity contribution in [2.75, 3.05) is 24.9 Å². The summed E-state index contributed by atoms with van der Waals surface area (Å²) in [5, 5.41) is 16.9. The first-order chi connectivity index (χ1) is 14.4. The van der Waals surface area contributed by atoms with E-state index in [-0.39, 0.29) is 17.5 Å². The molecule has 0 radical (unpaired) electrons. The molecule has 4 rings (SSSR count). The number of anilines is 2. The van der Waals surface area contributed by atoms with Crippen LogP contribution in [0.4, 0.5) is 11.4 Å². The molecule has 7 heteroatoms.